The van der Waals surface area contributed by atoms with Crippen molar-refractivity contribution in [3.8, 4) is 0 Å². The van der Waals surface area contributed by atoms with Gasteiger partial charge in [-0.25, -0.2) is 4.79 Å². The summed E-state index contributed by atoms with van der Waals surface area (Å²) in [6.07, 6.45) is -4.54. The van der Waals surface area contributed by atoms with Crippen LogP contribution in [0.25, 0.3) is 0 Å². The third-order valence-corrected chi connectivity index (χ3v) is 2.45. The van der Waals surface area contributed by atoms with E-state index in [1.165, 1.54) is 0 Å². The molecule has 0 amide bonds. The van der Waals surface area contributed by atoms with Crippen molar-refractivity contribution in [3.63, 3.8) is 0 Å². The molecule has 16 heavy (non-hydrogen) atoms. The van der Waals surface area contributed by atoms with Crippen LogP contribution >= 0.6 is 0 Å². The normalized spacial score (nSPS) is 22.6. The van der Waals surface area contributed by atoms with E-state index in [4.69, 9.17) is 15.2 Å². The zero-order chi connectivity index (χ0) is 12.4. The van der Waals surface area contributed by atoms with Gasteiger partial charge in [0.15, 0.2) is 0 Å². The fourth-order valence-electron chi connectivity index (χ4n) is 1.18. The molecule has 0 aromatic heterocycles. The molecule has 1 unspecified atom stereocenters. The number of carbonyl (C=O) groups excluding carboxylic acids is 1. The Hall–Kier alpha value is -0.820. The Balaban J connectivity index is 2.57. The van der Waals surface area contributed by atoms with Crippen LogP contribution in [-0.2, 0) is 14.3 Å². The molecule has 7 heteroatoms. The van der Waals surface area contributed by atoms with Crippen LogP contribution in [0, 0.1) is 0 Å². The van der Waals surface area contributed by atoms with Gasteiger partial charge < -0.3 is 15.2 Å². The zero-order valence-electron chi connectivity index (χ0n) is 8.84. The van der Waals surface area contributed by atoms with Gasteiger partial charge in [0.05, 0.1) is 13.2 Å². The zero-order valence-corrected chi connectivity index (χ0v) is 8.84. The van der Waals surface area contributed by atoms with Gasteiger partial charge in [0.2, 0.25) is 5.54 Å². The van der Waals surface area contributed by atoms with E-state index in [1.54, 1.807) is 0 Å². The molecule has 1 rings (SSSR count). The van der Waals surface area contributed by atoms with Crippen LogP contribution in [0.3, 0.4) is 0 Å². The van der Waals surface area contributed by atoms with E-state index in [2.05, 4.69) is 0 Å². The van der Waals surface area contributed by atoms with Gasteiger partial charge in [0.25, 0.3) is 0 Å². The molecule has 4 nitrogen and oxygen atoms in total. The lowest BCUT2D eigenvalue weighted by Crippen LogP contribution is -2.58. The summed E-state index contributed by atoms with van der Waals surface area (Å²) < 4.78 is 46.9. The molecule has 1 heterocycles. The lowest BCUT2D eigenvalue weighted by molar-refractivity contribution is -0.207. The fourth-order valence-corrected chi connectivity index (χ4v) is 1.18. The average molecular weight is 241 g/mol. The molecule has 1 atom stereocenters. The average Bonchev–Trinajstić information content (AvgIpc) is 2.17. The van der Waals surface area contributed by atoms with Crippen molar-refractivity contribution in [3.05, 3.63) is 0 Å². The second-order valence-corrected chi connectivity index (χ2v) is 3.92. The van der Waals surface area contributed by atoms with Crippen molar-refractivity contribution in [2.24, 2.45) is 5.73 Å². The molecular weight excluding hydrogens is 227 g/mol. The predicted molar refractivity (Wildman–Crippen MR) is 48.6 cm³/mol. The van der Waals surface area contributed by atoms with E-state index in [0.717, 1.165) is 0 Å². The first-order valence-electron chi connectivity index (χ1n) is 4.89. The van der Waals surface area contributed by atoms with Gasteiger partial charge in [-0.2, -0.15) is 13.2 Å². The number of ether oxygens (including phenoxy) is 2. The quantitative estimate of drug-likeness (QED) is 0.732. The number of carbonyl (C=O) groups is 1. The summed E-state index contributed by atoms with van der Waals surface area (Å²) in [5.41, 5.74) is 1.97. The molecule has 0 aliphatic carbocycles. The van der Waals surface area contributed by atoms with E-state index >= 15 is 0 Å². The minimum atomic E-state index is -4.81. The molecule has 1 aliphatic rings. The van der Waals surface area contributed by atoms with Crippen LogP contribution in [-0.4, -0.2) is 37.0 Å². The van der Waals surface area contributed by atoms with Gasteiger partial charge in [0.1, 0.15) is 6.10 Å². The van der Waals surface area contributed by atoms with Gasteiger partial charge in [-0.1, -0.05) is 0 Å². The second-order valence-electron chi connectivity index (χ2n) is 3.92. The smallest absolute Gasteiger partial charge is 0.416 e. The van der Waals surface area contributed by atoms with E-state index in [0.29, 0.717) is 33.0 Å². The van der Waals surface area contributed by atoms with Crippen LogP contribution in [0.5, 0.6) is 0 Å². The number of hydrogen-bond donors (Lipinski definition) is 1. The molecule has 1 aliphatic heterocycles. The molecule has 0 aromatic rings. The monoisotopic (exact) mass is 241 g/mol. The molecule has 0 bridgehead atoms. The Morgan fingerprint density at radius 2 is 1.88 bits per heavy atom. The summed E-state index contributed by atoms with van der Waals surface area (Å²) in [4.78, 5) is 11.3. The molecule has 2 N–H and O–H groups in total. The van der Waals surface area contributed by atoms with Crippen molar-refractivity contribution in [1.82, 2.24) is 0 Å². The minimum Gasteiger partial charge on any atom is -0.461 e. The third kappa shape index (κ3) is 2.85. The number of esters is 1. The van der Waals surface area contributed by atoms with Crippen molar-refractivity contribution >= 4 is 5.97 Å². The number of alkyl halides is 3. The lowest BCUT2D eigenvalue weighted by Gasteiger charge is -2.29. The molecule has 0 radical (unpaired) electrons. The van der Waals surface area contributed by atoms with Crippen molar-refractivity contribution in [1.29, 1.82) is 0 Å². The number of nitrogens with two attached hydrogens (primary N) is 1. The van der Waals surface area contributed by atoms with Crippen LogP contribution in [0.4, 0.5) is 13.2 Å². The van der Waals surface area contributed by atoms with Crippen LogP contribution in [0.2, 0.25) is 0 Å². The maximum absolute atomic E-state index is 12.4. The summed E-state index contributed by atoms with van der Waals surface area (Å²) >= 11 is 0. The van der Waals surface area contributed by atoms with Gasteiger partial charge >= 0.3 is 12.1 Å². The predicted octanol–water partition coefficient (Wildman–Crippen LogP) is 0.988. The summed E-state index contributed by atoms with van der Waals surface area (Å²) in [5.74, 6) is -1.44. The van der Waals surface area contributed by atoms with Gasteiger partial charge in [0, 0.05) is 12.8 Å². The van der Waals surface area contributed by atoms with E-state index in [-0.39, 0.29) is 0 Å². The van der Waals surface area contributed by atoms with Gasteiger partial charge in [-0.3, -0.25) is 0 Å². The van der Waals surface area contributed by atoms with Crippen LogP contribution < -0.4 is 5.73 Å². The third-order valence-electron chi connectivity index (χ3n) is 2.45. The Bertz CT molecular complexity index is 259. The Kier molecular flexibility index (Phi) is 3.80. The fraction of sp³-hybridized carbons (Fsp3) is 0.889. The maximum atomic E-state index is 12.4. The topological polar surface area (TPSA) is 61.6 Å². The molecular formula is C9H14F3NO3. The highest BCUT2D eigenvalue weighted by Crippen LogP contribution is 2.29. The van der Waals surface area contributed by atoms with Crippen molar-refractivity contribution in [2.45, 2.75) is 37.6 Å². The number of hydrogen-bond acceptors (Lipinski definition) is 4. The van der Waals surface area contributed by atoms with E-state index in [1.807, 2.05) is 0 Å². The largest absolute Gasteiger partial charge is 0.461 e. The first kappa shape index (κ1) is 13.2. The minimum absolute atomic E-state index is 0.380. The molecule has 94 valence electrons. The van der Waals surface area contributed by atoms with E-state index in [9.17, 15) is 18.0 Å². The van der Waals surface area contributed by atoms with E-state index < -0.39 is 23.8 Å². The van der Waals surface area contributed by atoms with Gasteiger partial charge in [-0.15, -0.1) is 0 Å². The van der Waals surface area contributed by atoms with Crippen LogP contribution in [0.1, 0.15) is 19.8 Å². The Labute approximate surface area is 90.9 Å². The molecule has 1 saturated heterocycles. The standard InChI is InChI=1S/C9H14F3NO3/c1-8(13,9(10,11)12)7(14)16-6-2-4-15-5-3-6/h6H,2-5,13H2,1H3. The first-order valence-corrected chi connectivity index (χ1v) is 4.89. The summed E-state index contributed by atoms with van der Waals surface area (Å²) in [7, 11) is 0. The van der Waals surface area contributed by atoms with Gasteiger partial charge in [-0.05, 0) is 6.92 Å². The maximum Gasteiger partial charge on any atom is 0.416 e. The Morgan fingerprint density at radius 1 is 1.38 bits per heavy atom. The van der Waals surface area contributed by atoms with Crippen molar-refractivity contribution < 1.29 is 27.4 Å². The number of halogens is 3. The summed E-state index contributed by atoms with van der Waals surface area (Å²) in [6.45, 7) is 1.37. The molecule has 0 spiro atoms. The Morgan fingerprint density at radius 3 is 2.31 bits per heavy atom. The highest BCUT2D eigenvalue weighted by molar-refractivity contribution is 5.81. The molecule has 0 aromatic carbocycles. The number of rotatable bonds is 2. The first-order chi connectivity index (χ1) is 7.25. The van der Waals surface area contributed by atoms with Crippen LogP contribution in [0.15, 0.2) is 0 Å². The SMILES string of the molecule is CC(N)(C(=O)OC1CCOCC1)C(F)(F)F. The molecule has 0 saturated carbocycles. The second kappa shape index (κ2) is 4.58. The lowest BCUT2D eigenvalue weighted by atomic mass is 10.0. The highest BCUT2D eigenvalue weighted by Gasteiger charge is 2.55. The molecule has 1 fully saturated rings. The van der Waals surface area contributed by atoms with Crippen molar-refractivity contribution in [2.75, 3.05) is 13.2 Å². The summed E-state index contributed by atoms with van der Waals surface area (Å²) in [5, 5.41) is 0. The summed E-state index contributed by atoms with van der Waals surface area (Å²) in [6, 6.07) is 0. The highest BCUT2D eigenvalue weighted by atomic mass is 19.4.